The molecule has 2 unspecified atom stereocenters. The summed E-state index contributed by atoms with van der Waals surface area (Å²) in [6.45, 7) is 4.41. The molecule has 0 bridgehead atoms. The van der Waals surface area contributed by atoms with E-state index in [1.165, 1.54) is 18.4 Å². The first kappa shape index (κ1) is 11.1. The fourth-order valence-electron chi connectivity index (χ4n) is 1.78. The fraction of sp³-hybridized carbons (Fsp3) is 0.545. The van der Waals surface area contributed by atoms with Crippen molar-refractivity contribution in [3.05, 3.63) is 30.1 Å². The lowest BCUT2D eigenvalue weighted by Gasteiger charge is -2.23. The molecule has 1 heterocycles. The number of hydrogen-bond acceptors (Lipinski definition) is 3. The van der Waals surface area contributed by atoms with E-state index in [9.17, 15) is 0 Å². The predicted molar refractivity (Wildman–Crippen MR) is 58.4 cm³/mol. The Balaban J connectivity index is 2.71. The molecule has 3 nitrogen and oxygen atoms in total. The van der Waals surface area contributed by atoms with Gasteiger partial charge in [0.2, 0.25) is 0 Å². The zero-order chi connectivity index (χ0) is 10.4. The molecule has 1 rings (SSSR count). The van der Waals surface area contributed by atoms with Crippen LogP contribution in [-0.2, 0) is 0 Å². The minimum atomic E-state index is 0.234. The zero-order valence-corrected chi connectivity index (χ0v) is 8.90. The van der Waals surface area contributed by atoms with Crippen molar-refractivity contribution in [1.82, 2.24) is 10.4 Å². The van der Waals surface area contributed by atoms with Gasteiger partial charge in [0.25, 0.3) is 0 Å². The van der Waals surface area contributed by atoms with Gasteiger partial charge in [-0.25, -0.2) is 0 Å². The molecule has 14 heavy (non-hydrogen) atoms. The van der Waals surface area contributed by atoms with Crippen molar-refractivity contribution >= 4 is 0 Å². The standard InChI is InChI=1S/C11H19N3/c1-3-4-9(2)11(14-12)10-5-7-13-8-6-10/h5-9,11,14H,3-4,12H2,1-2H3. The highest BCUT2D eigenvalue weighted by Gasteiger charge is 2.16. The predicted octanol–water partition coefficient (Wildman–Crippen LogP) is 2.02. The maximum Gasteiger partial charge on any atom is 0.0486 e. The molecule has 3 heteroatoms. The molecule has 0 aromatic carbocycles. The van der Waals surface area contributed by atoms with Crippen molar-refractivity contribution in [2.45, 2.75) is 32.7 Å². The molecule has 2 atom stereocenters. The number of hydrazine groups is 1. The Kier molecular flexibility index (Phi) is 4.56. The summed E-state index contributed by atoms with van der Waals surface area (Å²) in [6, 6.07) is 4.26. The molecule has 1 aromatic heterocycles. The first-order valence-electron chi connectivity index (χ1n) is 5.15. The number of rotatable bonds is 5. The number of nitrogens with two attached hydrogens (primary N) is 1. The van der Waals surface area contributed by atoms with Gasteiger partial charge in [-0.15, -0.1) is 0 Å². The molecule has 0 amide bonds. The molecular formula is C11H19N3. The van der Waals surface area contributed by atoms with Crippen molar-refractivity contribution in [2.24, 2.45) is 11.8 Å². The van der Waals surface area contributed by atoms with Crippen LogP contribution >= 0.6 is 0 Å². The van der Waals surface area contributed by atoms with E-state index in [4.69, 9.17) is 5.84 Å². The lowest BCUT2D eigenvalue weighted by molar-refractivity contribution is 0.368. The second-order valence-electron chi connectivity index (χ2n) is 3.69. The van der Waals surface area contributed by atoms with E-state index in [-0.39, 0.29) is 6.04 Å². The van der Waals surface area contributed by atoms with E-state index >= 15 is 0 Å². The van der Waals surface area contributed by atoms with E-state index < -0.39 is 0 Å². The summed E-state index contributed by atoms with van der Waals surface area (Å²) in [5, 5.41) is 0. The Labute approximate surface area is 85.7 Å². The molecule has 0 saturated carbocycles. The van der Waals surface area contributed by atoms with Gasteiger partial charge in [-0.05, 0) is 30.0 Å². The average Bonchev–Trinajstić information content (AvgIpc) is 2.21. The first-order chi connectivity index (χ1) is 6.79. The van der Waals surface area contributed by atoms with Gasteiger partial charge < -0.3 is 0 Å². The van der Waals surface area contributed by atoms with E-state index in [1.807, 2.05) is 12.1 Å². The van der Waals surface area contributed by atoms with Gasteiger partial charge in [-0.3, -0.25) is 16.3 Å². The highest BCUT2D eigenvalue weighted by molar-refractivity contribution is 5.15. The molecular weight excluding hydrogens is 174 g/mol. The Morgan fingerprint density at radius 1 is 1.43 bits per heavy atom. The van der Waals surface area contributed by atoms with E-state index in [2.05, 4.69) is 24.3 Å². The molecule has 0 spiro atoms. The van der Waals surface area contributed by atoms with Crippen LogP contribution in [0.1, 0.15) is 38.3 Å². The van der Waals surface area contributed by atoms with Gasteiger partial charge >= 0.3 is 0 Å². The Morgan fingerprint density at radius 2 is 2.07 bits per heavy atom. The van der Waals surface area contributed by atoms with Gasteiger partial charge in [-0.1, -0.05) is 20.3 Å². The first-order valence-corrected chi connectivity index (χ1v) is 5.15. The Hall–Kier alpha value is -0.930. The van der Waals surface area contributed by atoms with Crippen LogP contribution in [0.3, 0.4) is 0 Å². The fourth-order valence-corrected chi connectivity index (χ4v) is 1.78. The Bertz CT molecular complexity index is 248. The summed E-state index contributed by atoms with van der Waals surface area (Å²) < 4.78 is 0. The summed E-state index contributed by atoms with van der Waals surface area (Å²) in [6.07, 6.45) is 5.97. The lowest BCUT2D eigenvalue weighted by Crippen LogP contribution is -2.32. The minimum absolute atomic E-state index is 0.234. The molecule has 0 aliphatic heterocycles. The van der Waals surface area contributed by atoms with Crippen molar-refractivity contribution < 1.29 is 0 Å². The summed E-state index contributed by atoms with van der Waals surface area (Å²) >= 11 is 0. The summed E-state index contributed by atoms with van der Waals surface area (Å²) in [5.41, 5.74) is 4.09. The highest BCUT2D eigenvalue weighted by atomic mass is 15.2. The normalized spacial score (nSPS) is 15.1. The number of hydrogen-bond donors (Lipinski definition) is 2. The van der Waals surface area contributed by atoms with Crippen molar-refractivity contribution in [3.63, 3.8) is 0 Å². The molecule has 0 aliphatic carbocycles. The lowest BCUT2D eigenvalue weighted by atomic mass is 9.92. The van der Waals surface area contributed by atoms with Crippen LogP contribution in [0, 0.1) is 5.92 Å². The van der Waals surface area contributed by atoms with E-state index in [1.54, 1.807) is 12.4 Å². The van der Waals surface area contributed by atoms with Gasteiger partial charge in [0.15, 0.2) is 0 Å². The smallest absolute Gasteiger partial charge is 0.0486 e. The summed E-state index contributed by atoms with van der Waals surface area (Å²) in [7, 11) is 0. The maximum absolute atomic E-state index is 5.57. The second kappa shape index (κ2) is 5.73. The van der Waals surface area contributed by atoms with Crippen LogP contribution in [-0.4, -0.2) is 4.98 Å². The number of nitrogens with zero attached hydrogens (tertiary/aromatic N) is 1. The summed E-state index contributed by atoms with van der Waals surface area (Å²) in [4.78, 5) is 4.00. The maximum atomic E-state index is 5.57. The molecule has 0 radical (unpaired) electrons. The highest BCUT2D eigenvalue weighted by Crippen LogP contribution is 2.23. The monoisotopic (exact) mass is 193 g/mol. The third-order valence-corrected chi connectivity index (χ3v) is 2.56. The molecule has 78 valence electrons. The van der Waals surface area contributed by atoms with Crippen molar-refractivity contribution in [3.8, 4) is 0 Å². The van der Waals surface area contributed by atoms with Crippen molar-refractivity contribution in [1.29, 1.82) is 0 Å². The third kappa shape index (κ3) is 2.79. The molecule has 0 aliphatic rings. The van der Waals surface area contributed by atoms with Crippen LogP contribution in [0.4, 0.5) is 0 Å². The van der Waals surface area contributed by atoms with Crippen LogP contribution in [0.5, 0.6) is 0 Å². The number of nitrogens with one attached hydrogen (secondary N) is 1. The zero-order valence-electron chi connectivity index (χ0n) is 8.90. The van der Waals surface area contributed by atoms with Gasteiger partial charge in [0.1, 0.15) is 0 Å². The average molecular weight is 193 g/mol. The number of aromatic nitrogens is 1. The molecule has 3 N–H and O–H groups in total. The molecule has 1 aromatic rings. The van der Waals surface area contributed by atoms with Crippen LogP contribution < -0.4 is 11.3 Å². The topological polar surface area (TPSA) is 50.9 Å². The van der Waals surface area contributed by atoms with Gasteiger partial charge in [-0.2, -0.15) is 0 Å². The van der Waals surface area contributed by atoms with Crippen LogP contribution in [0.25, 0.3) is 0 Å². The number of pyridine rings is 1. The van der Waals surface area contributed by atoms with Crippen LogP contribution in [0.2, 0.25) is 0 Å². The summed E-state index contributed by atoms with van der Waals surface area (Å²) in [5.74, 6) is 6.11. The quantitative estimate of drug-likeness (QED) is 0.555. The van der Waals surface area contributed by atoms with Crippen molar-refractivity contribution in [2.75, 3.05) is 0 Å². The van der Waals surface area contributed by atoms with E-state index in [0.29, 0.717) is 5.92 Å². The minimum Gasteiger partial charge on any atom is -0.271 e. The molecule has 0 saturated heterocycles. The SMILES string of the molecule is CCCC(C)C(NN)c1ccncc1. The van der Waals surface area contributed by atoms with Gasteiger partial charge in [0, 0.05) is 18.4 Å². The third-order valence-electron chi connectivity index (χ3n) is 2.56. The van der Waals surface area contributed by atoms with Gasteiger partial charge in [0.05, 0.1) is 0 Å². The largest absolute Gasteiger partial charge is 0.271 e. The van der Waals surface area contributed by atoms with E-state index in [0.717, 1.165) is 0 Å². The van der Waals surface area contributed by atoms with Crippen LogP contribution in [0.15, 0.2) is 24.5 Å². The Morgan fingerprint density at radius 3 is 2.57 bits per heavy atom. The second-order valence-corrected chi connectivity index (χ2v) is 3.69. The molecule has 0 fully saturated rings.